The van der Waals surface area contributed by atoms with E-state index in [-0.39, 0.29) is 57.1 Å². The molecule has 0 bridgehead atoms. The zero-order valence-electron chi connectivity index (χ0n) is 28.5. The summed E-state index contributed by atoms with van der Waals surface area (Å²) in [7, 11) is 0. The van der Waals surface area contributed by atoms with E-state index in [0.29, 0.717) is 45.2 Å². The number of aliphatic imine (C=N–C) groups is 2. The Bertz CT molecular complexity index is 1150. The van der Waals surface area contributed by atoms with Gasteiger partial charge in [-0.05, 0) is 77.3 Å². The zero-order chi connectivity index (χ0) is 38.1. The van der Waals surface area contributed by atoms with Crippen LogP contribution in [0.25, 0.3) is 0 Å². The Kier molecular flexibility index (Phi) is 23.7. The average Bonchev–Trinajstić information content (AvgIpc) is 3.04. The molecule has 0 aromatic carbocycles. The number of carbonyl (C=O) groups excluding carboxylic acids is 4. The molecule has 0 aromatic heterocycles. The van der Waals surface area contributed by atoms with Crippen LogP contribution in [-0.2, 0) is 28.8 Å². The van der Waals surface area contributed by atoms with E-state index in [1.807, 2.05) is 0 Å². The molecule has 0 spiro atoms. The van der Waals surface area contributed by atoms with Gasteiger partial charge in [-0.2, -0.15) is 0 Å². The molecule has 0 saturated carbocycles. The van der Waals surface area contributed by atoms with E-state index in [0.717, 1.165) is 0 Å². The SMILES string of the molecule is NCCCC[C@H](NC(=O)[C@@H](N)CCCCN)C(=O)N[C@@H](CCCN=C(N)N)C(=O)N[C@@H](CCCN=C(N)N)C(=O)N[C@@H](CCC(=O)O)C(=O)O. The number of rotatable bonds is 28. The topological polar surface area (TPSA) is 398 Å². The lowest BCUT2D eigenvalue weighted by molar-refractivity contribution is -0.143. The monoisotopic (exact) mass is 715 g/mol. The second-order valence-electron chi connectivity index (χ2n) is 11.6. The van der Waals surface area contributed by atoms with Crippen LogP contribution in [0.2, 0.25) is 0 Å². The number of nitrogens with two attached hydrogens (primary N) is 7. The minimum Gasteiger partial charge on any atom is -0.481 e. The molecule has 0 aromatic rings. The largest absolute Gasteiger partial charge is 0.481 e. The van der Waals surface area contributed by atoms with Gasteiger partial charge in [-0.25, -0.2) is 4.79 Å². The molecule has 21 heteroatoms. The molecule has 20 N–H and O–H groups in total. The molecular weight excluding hydrogens is 658 g/mol. The van der Waals surface area contributed by atoms with Crippen LogP contribution in [0.15, 0.2) is 9.98 Å². The zero-order valence-corrected chi connectivity index (χ0v) is 28.5. The van der Waals surface area contributed by atoms with Crippen LogP contribution in [0, 0.1) is 0 Å². The van der Waals surface area contributed by atoms with Gasteiger partial charge in [-0.3, -0.25) is 34.0 Å². The molecule has 0 unspecified atom stereocenters. The van der Waals surface area contributed by atoms with Crippen LogP contribution in [0.1, 0.15) is 77.0 Å². The summed E-state index contributed by atoms with van der Waals surface area (Å²) in [6.07, 6.45) is 2.22. The maximum absolute atomic E-state index is 13.7. The Morgan fingerprint density at radius 2 is 0.900 bits per heavy atom. The maximum atomic E-state index is 13.7. The highest BCUT2D eigenvalue weighted by atomic mass is 16.4. The summed E-state index contributed by atoms with van der Waals surface area (Å²) in [5.74, 6) is -6.11. The molecule has 21 nitrogen and oxygen atoms in total. The van der Waals surface area contributed by atoms with Gasteiger partial charge in [0, 0.05) is 19.5 Å². The fraction of sp³-hybridized carbons (Fsp3) is 0.724. The summed E-state index contributed by atoms with van der Waals surface area (Å²) in [5.41, 5.74) is 38.7. The number of amides is 4. The van der Waals surface area contributed by atoms with Gasteiger partial charge >= 0.3 is 11.9 Å². The van der Waals surface area contributed by atoms with Gasteiger partial charge in [0.1, 0.15) is 24.2 Å². The van der Waals surface area contributed by atoms with Crippen molar-refractivity contribution in [1.29, 1.82) is 0 Å². The van der Waals surface area contributed by atoms with Crippen molar-refractivity contribution in [2.24, 2.45) is 50.1 Å². The van der Waals surface area contributed by atoms with Gasteiger partial charge in [-0.1, -0.05) is 6.42 Å². The first kappa shape index (κ1) is 45.2. The highest BCUT2D eigenvalue weighted by Crippen LogP contribution is 2.09. The Balaban J connectivity index is 6.19. The number of carboxylic acid groups (broad SMARTS) is 2. The fourth-order valence-electron chi connectivity index (χ4n) is 4.57. The smallest absolute Gasteiger partial charge is 0.326 e. The molecule has 0 heterocycles. The first-order valence-corrected chi connectivity index (χ1v) is 16.5. The number of unbranched alkanes of at least 4 members (excludes halogenated alkanes) is 2. The van der Waals surface area contributed by atoms with Crippen LogP contribution >= 0.6 is 0 Å². The van der Waals surface area contributed by atoms with Gasteiger partial charge in [0.2, 0.25) is 23.6 Å². The fourth-order valence-corrected chi connectivity index (χ4v) is 4.57. The predicted molar refractivity (Wildman–Crippen MR) is 186 cm³/mol. The van der Waals surface area contributed by atoms with Crippen molar-refractivity contribution in [2.75, 3.05) is 26.2 Å². The normalized spacial score (nSPS) is 13.7. The van der Waals surface area contributed by atoms with Crippen molar-refractivity contribution in [1.82, 2.24) is 21.3 Å². The van der Waals surface area contributed by atoms with E-state index in [1.165, 1.54) is 0 Å². The average molecular weight is 716 g/mol. The molecule has 50 heavy (non-hydrogen) atoms. The molecule has 4 amide bonds. The molecule has 0 aliphatic carbocycles. The number of nitrogens with one attached hydrogen (secondary N) is 4. The number of hydrogen-bond acceptors (Lipinski definition) is 11. The molecule has 0 saturated heterocycles. The van der Waals surface area contributed by atoms with Crippen molar-refractivity contribution < 1.29 is 39.0 Å². The lowest BCUT2D eigenvalue weighted by Gasteiger charge is -2.26. The van der Waals surface area contributed by atoms with Gasteiger partial charge in [0.25, 0.3) is 0 Å². The Labute approximate surface area is 291 Å². The van der Waals surface area contributed by atoms with E-state index in [1.54, 1.807) is 0 Å². The molecule has 0 aliphatic rings. The minimum absolute atomic E-state index is 0.00484. The number of carboxylic acids is 2. The lowest BCUT2D eigenvalue weighted by atomic mass is 10.0. The van der Waals surface area contributed by atoms with Crippen LogP contribution in [0.5, 0.6) is 0 Å². The molecule has 0 radical (unpaired) electrons. The second-order valence-corrected chi connectivity index (χ2v) is 11.6. The van der Waals surface area contributed by atoms with Gasteiger partial charge in [-0.15, -0.1) is 0 Å². The van der Waals surface area contributed by atoms with Crippen LogP contribution < -0.4 is 61.4 Å². The quantitative estimate of drug-likeness (QED) is 0.0206. The summed E-state index contributed by atoms with van der Waals surface area (Å²) in [5, 5.41) is 28.6. The van der Waals surface area contributed by atoms with Crippen LogP contribution in [0.3, 0.4) is 0 Å². The standard InChI is InChI=1S/C29H57N13O8/c30-13-3-1-7-17(32)23(45)39-18(8-2-4-14-31)24(46)40-19(9-5-15-37-28(33)34)25(47)41-20(10-6-16-38-29(35)36)26(48)42-21(27(49)50)11-12-22(43)44/h17-21H,1-16,30-32H2,(H,39,45)(H,40,46)(H,41,47)(H,42,48)(H,43,44)(H,49,50)(H4,33,34,37)(H4,35,36,38)/t17-,18-,19-,20-,21-/m0/s1. The Morgan fingerprint density at radius 1 is 0.520 bits per heavy atom. The first-order valence-electron chi connectivity index (χ1n) is 16.5. The van der Waals surface area contributed by atoms with Gasteiger partial charge in [0.05, 0.1) is 6.04 Å². The van der Waals surface area contributed by atoms with E-state index in [4.69, 9.17) is 45.2 Å². The summed E-state index contributed by atoms with van der Waals surface area (Å²) < 4.78 is 0. The van der Waals surface area contributed by atoms with Crippen molar-refractivity contribution in [3.05, 3.63) is 0 Å². The highest BCUT2D eigenvalue weighted by Gasteiger charge is 2.31. The lowest BCUT2D eigenvalue weighted by Crippen LogP contribution is -2.58. The summed E-state index contributed by atoms with van der Waals surface area (Å²) in [6.45, 7) is 0.959. The number of carbonyl (C=O) groups is 6. The van der Waals surface area contributed by atoms with E-state index in [2.05, 4.69) is 31.3 Å². The number of guanidine groups is 2. The maximum Gasteiger partial charge on any atom is 0.326 e. The van der Waals surface area contributed by atoms with Gasteiger partial charge in [0.15, 0.2) is 11.9 Å². The third kappa shape index (κ3) is 21.3. The third-order valence-corrected chi connectivity index (χ3v) is 7.30. The highest BCUT2D eigenvalue weighted by molar-refractivity contribution is 5.95. The number of aliphatic carboxylic acids is 2. The second kappa shape index (κ2) is 26.2. The van der Waals surface area contributed by atoms with Crippen LogP contribution in [-0.4, -0.2) is 114 Å². The predicted octanol–water partition coefficient (Wildman–Crippen LogP) is -4.43. The molecule has 5 atom stereocenters. The molecule has 0 aliphatic heterocycles. The molecular formula is C29H57N13O8. The molecule has 0 fully saturated rings. The summed E-state index contributed by atoms with van der Waals surface area (Å²) in [6, 6.07) is -6.14. The van der Waals surface area contributed by atoms with E-state index < -0.39 is 78.6 Å². The van der Waals surface area contributed by atoms with Crippen molar-refractivity contribution in [3.8, 4) is 0 Å². The summed E-state index contributed by atoms with van der Waals surface area (Å²) in [4.78, 5) is 83.8. The van der Waals surface area contributed by atoms with Crippen LogP contribution in [0.4, 0.5) is 0 Å². The van der Waals surface area contributed by atoms with E-state index in [9.17, 15) is 33.9 Å². The first-order chi connectivity index (χ1) is 23.6. The Hall–Kier alpha value is -4.76. The summed E-state index contributed by atoms with van der Waals surface area (Å²) >= 11 is 0. The molecule has 286 valence electrons. The van der Waals surface area contributed by atoms with Gasteiger partial charge < -0.3 is 71.6 Å². The van der Waals surface area contributed by atoms with E-state index >= 15 is 0 Å². The number of hydrogen-bond donors (Lipinski definition) is 13. The molecule has 0 rings (SSSR count). The van der Waals surface area contributed by atoms with Crippen molar-refractivity contribution in [3.63, 3.8) is 0 Å². The third-order valence-electron chi connectivity index (χ3n) is 7.30. The van der Waals surface area contributed by atoms with Crippen molar-refractivity contribution in [2.45, 2.75) is 107 Å². The minimum atomic E-state index is -1.56. The Morgan fingerprint density at radius 3 is 1.28 bits per heavy atom. The number of nitrogens with zero attached hydrogens (tertiary/aromatic N) is 2. The van der Waals surface area contributed by atoms with Crippen molar-refractivity contribution >= 4 is 47.5 Å².